The second-order valence-corrected chi connectivity index (χ2v) is 13.8. The molecule has 0 saturated carbocycles. The van der Waals surface area contributed by atoms with E-state index in [1.165, 1.54) is 44.5 Å². The van der Waals surface area contributed by atoms with Crippen LogP contribution < -0.4 is 4.74 Å². The van der Waals surface area contributed by atoms with E-state index >= 15 is 0 Å². The van der Waals surface area contributed by atoms with Crippen LogP contribution in [0.2, 0.25) is 0 Å². The van der Waals surface area contributed by atoms with E-state index < -0.39 is 0 Å². The summed E-state index contributed by atoms with van der Waals surface area (Å²) in [6, 6.07) is 28.3. The number of aromatic nitrogens is 4. The van der Waals surface area contributed by atoms with Gasteiger partial charge in [-0.25, -0.2) is 4.98 Å². The van der Waals surface area contributed by atoms with Crippen LogP contribution in [0.15, 0.2) is 79.3 Å². The summed E-state index contributed by atoms with van der Waals surface area (Å²) in [6.45, 7) is 17.8. The van der Waals surface area contributed by atoms with E-state index in [9.17, 15) is 0 Å². The minimum absolute atomic E-state index is 0. The number of para-hydroxylation sites is 1. The topological polar surface area (TPSA) is 44.9 Å². The van der Waals surface area contributed by atoms with Crippen molar-refractivity contribution in [1.82, 2.24) is 19.3 Å². The van der Waals surface area contributed by atoms with E-state index in [0.29, 0.717) is 17.4 Å². The molecule has 7 rings (SSSR count). The molecule has 4 aromatic carbocycles. The molecular formula is C44H44N4OPt. The monoisotopic (exact) mass is 839 g/mol. The summed E-state index contributed by atoms with van der Waals surface area (Å²) in [7, 11) is 0. The molecule has 0 bridgehead atoms. The van der Waals surface area contributed by atoms with Gasteiger partial charge in [-0.3, -0.25) is 4.68 Å². The Kier molecular flexibility index (Phi) is 10.2. The van der Waals surface area contributed by atoms with Gasteiger partial charge in [0.2, 0.25) is 0 Å². The van der Waals surface area contributed by atoms with Crippen LogP contribution in [-0.2, 0) is 33.9 Å². The zero-order valence-corrected chi connectivity index (χ0v) is 32.5. The molecule has 3 heterocycles. The number of aryl methyl sites for hydroxylation is 1. The average Bonchev–Trinajstić information content (AvgIpc) is 3.70. The molecule has 0 aliphatic heterocycles. The van der Waals surface area contributed by atoms with E-state index in [0.717, 1.165) is 58.1 Å². The summed E-state index contributed by atoms with van der Waals surface area (Å²) in [4.78, 5) is 4.81. The second-order valence-electron chi connectivity index (χ2n) is 13.8. The number of nitrogens with zero attached hydrogens (tertiary/aromatic N) is 4. The smallest absolute Gasteiger partial charge is 0.509 e. The van der Waals surface area contributed by atoms with Gasteiger partial charge in [-0.1, -0.05) is 57.3 Å². The largest absolute Gasteiger partial charge is 2.00 e. The predicted molar refractivity (Wildman–Crippen MR) is 202 cm³/mol. The molecule has 0 amide bonds. The first-order chi connectivity index (χ1) is 23.6. The van der Waals surface area contributed by atoms with Gasteiger partial charge in [-0.05, 0) is 115 Å². The molecular weight excluding hydrogens is 796 g/mol. The van der Waals surface area contributed by atoms with E-state index in [4.69, 9.17) is 14.8 Å². The Morgan fingerprint density at radius 3 is 2.26 bits per heavy atom. The molecule has 0 aliphatic carbocycles. The molecule has 0 saturated heterocycles. The Balaban J connectivity index is 0.00000432. The third-order valence-corrected chi connectivity index (χ3v) is 10.0. The molecule has 0 unspecified atom stereocenters. The van der Waals surface area contributed by atoms with Crippen molar-refractivity contribution in [3.05, 3.63) is 130 Å². The van der Waals surface area contributed by atoms with Crippen LogP contribution in [-0.4, -0.2) is 19.3 Å². The fourth-order valence-electron chi connectivity index (χ4n) is 7.18. The maximum Gasteiger partial charge on any atom is 2.00 e. The number of fused-ring (bicyclic) bond motifs is 3. The van der Waals surface area contributed by atoms with Crippen LogP contribution in [0.3, 0.4) is 0 Å². The van der Waals surface area contributed by atoms with Gasteiger partial charge in [0, 0.05) is 35.0 Å². The van der Waals surface area contributed by atoms with E-state index in [-0.39, 0.29) is 21.1 Å². The van der Waals surface area contributed by atoms with Gasteiger partial charge >= 0.3 is 21.1 Å². The van der Waals surface area contributed by atoms with Crippen molar-refractivity contribution in [2.75, 3.05) is 0 Å². The SMILES string of the molecule is CCCc1cc(Oc2[c-]c3c(cc2)c2ccccc2n3-c2cc(CC(C)C)ccn2)[c-]c(-n2cc(-c3c(C)c(C)c(C)c(C)c3C)cn2)c1.[Pt+2]. The van der Waals surface area contributed by atoms with Gasteiger partial charge in [0.15, 0.2) is 0 Å². The van der Waals surface area contributed by atoms with Crippen molar-refractivity contribution in [2.24, 2.45) is 5.92 Å². The maximum absolute atomic E-state index is 6.59. The zero-order valence-electron chi connectivity index (χ0n) is 30.2. The third kappa shape index (κ3) is 6.56. The molecule has 50 heavy (non-hydrogen) atoms. The average molecular weight is 840 g/mol. The molecule has 5 nitrogen and oxygen atoms in total. The molecule has 0 N–H and O–H groups in total. The van der Waals surface area contributed by atoms with Crippen LogP contribution in [0, 0.1) is 52.7 Å². The second kappa shape index (κ2) is 14.4. The van der Waals surface area contributed by atoms with E-state index in [1.54, 1.807) is 0 Å². The number of hydrogen-bond acceptors (Lipinski definition) is 3. The zero-order chi connectivity index (χ0) is 34.4. The van der Waals surface area contributed by atoms with Crippen molar-refractivity contribution >= 4 is 21.8 Å². The Morgan fingerprint density at radius 2 is 1.52 bits per heavy atom. The van der Waals surface area contributed by atoms with Crippen LogP contribution in [0.1, 0.15) is 66.1 Å². The van der Waals surface area contributed by atoms with Crippen LogP contribution in [0.25, 0.3) is 44.4 Å². The van der Waals surface area contributed by atoms with Crippen LogP contribution >= 0.6 is 0 Å². The molecule has 0 fully saturated rings. The molecule has 0 radical (unpaired) electrons. The van der Waals surface area contributed by atoms with Gasteiger partial charge in [0.25, 0.3) is 0 Å². The van der Waals surface area contributed by atoms with Gasteiger partial charge in [0.05, 0.1) is 6.20 Å². The predicted octanol–water partition coefficient (Wildman–Crippen LogP) is 11.1. The molecule has 6 heteroatoms. The third-order valence-electron chi connectivity index (χ3n) is 10.0. The minimum atomic E-state index is 0. The van der Waals surface area contributed by atoms with Crippen molar-refractivity contribution < 1.29 is 25.8 Å². The van der Waals surface area contributed by atoms with Crippen molar-refractivity contribution in [2.45, 2.75) is 74.7 Å². The number of benzene rings is 4. The number of ether oxygens (including phenoxy) is 1. The molecule has 0 aliphatic rings. The number of hydrogen-bond donors (Lipinski definition) is 0. The van der Waals surface area contributed by atoms with Crippen molar-refractivity contribution in [1.29, 1.82) is 0 Å². The van der Waals surface area contributed by atoms with Crippen LogP contribution in [0.5, 0.6) is 11.5 Å². The first-order valence-corrected chi connectivity index (χ1v) is 17.4. The minimum Gasteiger partial charge on any atom is -0.509 e. The van der Waals surface area contributed by atoms with Gasteiger partial charge in [-0.15, -0.1) is 35.7 Å². The molecule has 0 atom stereocenters. The number of rotatable bonds is 9. The van der Waals surface area contributed by atoms with Gasteiger partial charge in [-0.2, -0.15) is 16.7 Å². The standard InChI is InChI=1S/C44H44N4O.Pt/c1-9-12-33-20-36(47-26-35(25-46-47)44-31(7)29(5)28(4)30(6)32(44)8)23-38(21-33)49-37-15-16-40-39-13-10-11-14-41(39)48(42(40)24-37)43-22-34(17-18-45-43)19-27(2)3;/h10-11,13-18,20-22,25-27H,9,12,19H2,1-8H3;/q-2;+2. The Morgan fingerprint density at radius 1 is 0.780 bits per heavy atom. The normalized spacial score (nSPS) is 11.5. The fraction of sp³-hybridized carbons (Fsp3) is 0.273. The Hall–Kier alpha value is -4.47. The molecule has 7 aromatic rings. The van der Waals surface area contributed by atoms with Gasteiger partial charge in [0.1, 0.15) is 5.82 Å². The Bertz CT molecular complexity index is 2320. The first kappa shape index (κ1) is 35.4. The summed E-state index contributed by atoms with van der Waals surface area (Å²) < 4.78 is 10.7. The summed E-state index contributed by atoms with van der Waals surface area (Å²) in [5, 5.41) is 7.10. The van der Waals surface area contributed by atoms with Crippen molar-refractivity contribution in [3.63, 3.8) is 0 Å². The quantitative estimate of drug-likeness (QED) is 0.136. The summed E-state index contributed by atoms with van der Waals surface area (Å²) >= 11 is 0. The summed E-state index contributed by atoms with van der Waals surface area (Å²) in [5.41, 5.74) is 14.3. The first-order valence-electron chi connectivity index (χ1n) is 17.4. The van der Waals surface area contributed by atoms with E-state index in [1.807, 2.05) is 23.1 Å². The molecule has 0 spiro atoms. The Labute approximate surface area is 310 Å². The number of pyridine rings is 1. The molecule has 3 aromatic heterocycles. The van der Waals surface area contributed by atoms with Gasteiger partial charge < -0.3 is 9.30 Å². The summed E-state index contributed by atoms with van der Waals surface area (Å²) in [6.07, 6.45) is 8.94. The van der Waals surface area contributed by atoms with Crippen LogP contribution in [0.4, 0.5) is 0 Å². The van der Waals surface area contributed by atoms with Crippen molar-refractivity contribution in [3.8, 4) is 34.1 Å². The maximum atomic E-state index is 6.59. The van der Waals surface area contributed by atoms with E-state index in [2.05, 4.69) is 133 Å². The molecule has 256 valence electrons. The fourth-order valence-corrected chi connectivity index (χ4v) is 7.18. The summed E-state index contributed by atoms with van der Waals surface area (Å²) in [5.74, 6) is 2.71.